The monoisotopic (exact) mass is 580 g/mol. The van der Waals surface area contributed by atoms with Gasteiger partial charge in [0.1, 0.15) is 0 Å². The third-order valence-electron chi connectivity index (χ3n) is 7.41. The van der Waals surface area contributed by atoms with Gasteiger partial charge in [-0.2, -0.15) is 0 Å². The molecule has 1 saturated heterocycles. The van der Waals surface area contributed by atoms with Gasteiger partial charge in [0.05, 0.1) is 23.6 Å². The van der Waals surface area contributed by atoms with Gasteiger partial charge in [-0.1, -0.05) is 74.5 Å². The van der Waals surface area contributed by atoms with Crippen molar-refractivity contribution in [1.82, 2.24) is 10.6 Å². The lowest BCUT2D eigenvalue weighted by atomic mass is 9.96. The molecular weight excluding hydrogens is 536 g/mol. The first-order chi connectivity index (χ1) is 19.7. The first-order valence-corrected chi connectivity index (χ1v) is 16.1. The third kappa shape index (κ3) is 8.47. The summed E-state index contributed by atoms with van der Waals surface area (Å²) in [6.45, 7) is 7.41. The van der Waals surface area contributed by atoms with Gasteiger partial charge in [0.15, 0.2) is 0 Å². The molecule has 3 aromatic carbocycles. The lowest BCUT2D eigenvalue weighted by molar-refractivity contribution is 0.0827. The molecular formula is C32H44N4O4S. The second kappa shape index (κ2) is 14.2. The SMILES string of the molecule is CCNc1cc(C(=O)N[C@@H](Cc2ccccc2)[C@@H](O)CNC(C)C)cc(N2CC(c3ccccc3)CCS2(O)O)c1. The van der Waals surface area contributed by atoms with E-state index in [1.807, 2.05) is 75.4 Å². The minimum absolute atomic E-state index is 0.134. The second-order valence-corrected chi connectivity index (χ2v) is 13.1. The van der Waals surface area contributed by atoms with E-state index in [9.17, 15) is 19.0 Å². The smallest absolute Gasteiger partial charge is 0.251 e. The fourth-order valence-electron chi connectivity index (χ4n) is 5.19. The molecule has 1 unspecified atom stereocenters. The molecule has 222 valence electrons. The van der Waals surface area contributed by atoms with Crippen molar-refractivity contribution < 1.29 is 19.0 Å². The maximum absolute atomic E-state index is 13.7. The number of nitrogens with one attached hydrogen (secondary N) is 3. The topological polar surface area (TPSA) is 117 Å². The summed E-state index contributed by atoms with van der Waals surface area (Å²) in [5.74, 6) is 0.0620. The third-order valence-corrected chi connectivity index (χ3v) is 9.26. The zero-order chi connectivity index (χ0) is 29.4. The van der Waals surface area contributed by atoms with Crippen LogP contribution < -0.4 is 20.3 Å². The highest BCUT2D eigenvalue weighted by Crippen LogP contribution is 2.52. The van der Waals surface area contributed by atoms with Crippen LogP contribution >= 0.6 is 10.8 Å². The Morgan fingerprint density at radius 1 is 1.02 bits per heavy atom. The molecule has 1 fully saturated rings. The maximum Gasteiger partial charge on any atom is 0.251 e. The number of benzene rings is 3. The van der Waals surface area contributed by atoms with Gasteiger partial charge in [-0.05, 0) is 49.1 Å². The van der Waals surface area contributed by atoms with Crippen LogP contribution in [-0.4, -0.2) is 63.7 Å². The summed E-state index contributed by atoms with van der Waals surface area (Å²) in [5.41, 5.74) is 3.85. The second-order valence-electron chi connectivity index (χ2n) is 11.0. The number of hydrogen-bond donors (Lipinski definition) is 6. The Bertz CT molecular complexity index is 1260. The van der Waals surface area contributed by atoms with Crippen LogP contribution in [0.25, 0.3) is 0 Å². The highest BCUT2D eigenvalue weighted by Gasteiger charge is 2.34. The Morgan fingerprint density at radius 3 is 2.37 bits per heavy atom. The summed E-state index contributed by atoms with van der Waals surface area (Å²) < 4.78 is 23.8. The van der Waals surface area contributed by atoms with Crippen LogP contribution in [0, 0.1) is 0 Å². The van der Waals surface area contributed by atoms with E-state index < -0.39 is 22.9 Å². The quantitative estimate of drug-likeness (QED) is 0.168. The van der Waals surface area contributed by atoms with E-state index in [-0.39, 0.29) is 23.6 Å². The Kier molecular flexibility index (Phi) is 10.7. The number of hydrogen-bond acceptors (Lipinski definition) is 7. The maximum atomic E-state index is 13.7. The van der Waals surface area contributed by atoms with Crippen molar-refractivity contribution in [3.8, 4) is 0 Å². The molecule has 0 radical (unpaired) electrons. The van der Waals surface area contributed by atoms with Crippen LogP contribution in [-0.2, 0) is 6.42 Å². The predicted octanol–water partition coefficient (Wildman–Crippen LogP) is 5.48. The molecule has 0 saturated carbocycles. The zero-order valence-electron chi connectivity index (χ0n) is 24.2. The van der Waals surface area contributed by atoms with Crippen LogP contribution in [0.1, 0.15) is 54.6 Å². The molecule has 6 N–H and O–H groups in total. The van der Waals surface area contributed by atoms with E-state index in [1.165, 1.54) is 0 Å². The summed E-state index contributed by atoms with van der Waals surface area (Å²) >= 11 is 0. The van der Waals surface area contributed by atoms with E-state index in [0.717, 1.165) is 11.1 Å². The van der Waals surface area contributed by atoms with Crippen LogP contribution in [0.15, 0.2) is 78.9 Å². The van der Waals surface area contributed by atoms with Crippen molar-refractivity contribution in [3.63, 3.8) is 0 Å². The average molecular weight is 581 g/mol. The number of nitrogens with zero attached hydrogens (tertiary/aromatic N) is 1. The van der Waals surface area contributed by atoms with Gasteiger partial charge in [-0.3, -0.25) is 18.2 Å². The van der Waals surface area contributed by atoms with E-state index in [1.54, 1.807) is 16.4 Å². The Labute approximate surface area is 245 Å². The molecule has 0 bridgehead atoms. The number of rotatable bonds is 12. The molecule has 1 heterocycles. The molecule has 0 aromatic heterocycles. The molecule has 0 spiro atoms. The molecule has 41 heavy (non-hydrogen) atoms. The highest BCUT2D eigenvalue weighted by atomic mass is 32.3. The lowest BCUT2D eigenvalue weighted by Crippen LogP contribution is -2.49. The van der Waals surface area contributed by atoms with E-state index in [4.69, 9.17) is 0 Å². The van der Waals surface area contributed by atoms with E-state index >= 15 is 0 Å². The molecule has 1 aliphatic rings. The Morgan fingerprint density at radius 2 is 1.71 bits per heavy atom. The van der Waals surface area contributed by atoms with Crippen molar-refractivity contribution in [2.75, 3.05) is 35.0 Å². The summed E-state index contributed by atoms with van der Waals surface area (Å²) in [5, 5.41) is 20.7. The molecule has 8 nitrogen and oxygen atoms in total. The van der Waals surface area contributed by atoms with Crippen LogP contribution in [0.4, 0.5) is 11.4 Å². The summed E-state index contributed by atoms with van der Waals surface area (Å²) in [7, 11) is -3.06. The zero-order valence-corrected chi connectivity index (χ0v) is 25.0. The van der Waals surface area contributed by atoms with Crippen molar-refractivity contribution in [3.05, 3.63) is 95.6 Å². The number of carbonyl (C=O) groups excluding carboxylic acids is 1. The van der Waals surface area contributed by atoms with E-state index in [2.05, 4.69) is 28.1 Å². The Balaban J connectivity index is 1.62. The van der Waals surface area contributed by atoms with Crippen LogP contribution in [0.2, 0.25) is 0 Å². The first-order valence-electron chi connectivity index (χ1n) is 14.4. The molecule has 3 aromatic rings. The molecule has 1 aliphatic heterocycles. The molecule has 4 rings (SSSR count). The van der Waals surface area contributed by atoms with Gasteiger partial charge in [-0.25, -0.2) is 0 Å². The standard InChI is InChI=1S/C32H44N4O4S/c1-4-33-28-18-27(32(38)35-30(31(37)21-34-23(2)3)17-24-11-7-5-8-12-24)19-29(20-28)36-22-26(15-16-41(36,39)40)25-13-9-6-10-14-25/h5-14,18-20,23,26,30-31,33-34,37,39-40H,4,15-17,21-22H2,1-3H3,(H,35,38)/t26?,30-,31-/m0/s1. The van der Waals surface area contributed by atoms with Crippen molar-refractivity contribution in [2.24, 2.45) is 0 Å². The number of aliphatic hydroxyl groups is 1. The van der Waals surface area contributed by atoms with Gasteiger partial charge < -0.3 is 21.1 Å². The largest absolute Gasteiger partial charge is 0.390 e. The van der Waals surface area contributed by atoms with Gasteiger partial charge in [-0.15, -0.1) is 10.8 Å². The summed E-state index contributed by atoms with van der Waals surface area (Å²) in [6.07, 6.45) is 0.337. The fourth-order valence-corrected chi connectivity index (χ4v) is 6.87. The van der Waals surface area contributed by atoms with Gasteiger partial charge in [0, 0.05) is 42.8 Å². The lowest BCUT2D eigenvalue weighted by Gasteiger charge is -2.50. The van der Waals surface area contributed by atoms with Gasteiger partial charge in [0.2, 0.25) is 0 Å². The summed E-state index contributed by atoms with van der Waals surface area (Å²) in [6, 6.07) is 24.9. The highest BCUT2D eigenvalue weighted by molar-refractivity contribution is 8.25. The van der Waals surface area contributed by atoms with Gasteiger partial charge in [0.25, 0.3) is 5.91 Å². The average Bonchev–Trinajstić information content (AvgIpc) is 2.96. The van der Waals surface area contributed by atoms with Crippen molar-refractivity contribution in [1.29, 1.82) is 0 Å². The minimum Gasteiger partial charge on any atom is -0.390 e. The minimum atomic E-state index is -3.06. The normalized spacial score (nSPS) is 18.9. The first kappa shape index (κ1) is 30.9. The van der Waals surface area contributed by atoms with Crippen molar-refractivity contribution in [2.45, 2.75) is 57.7 Å². The number of carbonyl (C=O) groups is 1. The molecule has 9 heteroatoms. The Hall–Kier alpha value is -3.08. The number of aliphatic hydroxyl groups excluding tert-OH is 1. The number of anilines is 2. The molecule has 3 atom stereocenters. The molecule has 1 amide bonds. The van der Waals surface area contributed by atoms with E-state index in [0.29, 0.717) is 49.4 Å². The number of amides is 1. The van der Waals surface area contributed by atoms with Gasteiger partial charge >= 0.3 is 0 Å². The van der Waals surface area contributed by atoms with Crippen LogP contribution in [0.5, 0.6) is 0 Å². The van der Waals surface area contributed by atoms with Crippen LogP contribution in [0.3, 0.4) is 0 Å². The van der Waals surface area contributed by atoms with Crippen molar-refractivity contribution >= 4 is 28.1 Å². The fraction of sp³-hybridized carbons (Fsp3) is 0.406. The molecule has 0 aliphatic carbocycles. The predicted molar refractivity (Wildman–Crippen MR) is 170 cm³/mol. The summed E-state index contributed by atoms with van der Waals surface area (Å²) in [4.78, 5) is 13.7.